The average Bonchev–Trinajstić information content (AvgIpc) is 2.34. The van der Waals surface area contributed by atoms with Crippen LogP contribution in [0.5, 0.6) is 0 Å². The van der Waals surface area contributed by atoms with Crippen LogP contribution >= 0.6 is 0 Å². The van der Waals surface area contributed by atoms with E-state index in [1.807, 2.05) is 24.3 Å². The zero-order chi connectivity index (χ0) is 13.7. The molecule has 1 heterocycles. The molecule has 3 N–H and O–H groups in total. The van der Waals surface area contributed by atoms with Crippen LogP contribution in [0.25, 0.3) is 0 Å². The molecule has 0 spiro atoms. The van der Waals surface area contributed by atoms with Crippen LogP contribution in [0.1, 0.15) is 12.5 Å². The van der Waals surface area contributed by atoms with Gasteiger partial charge < -0.3 is 16.0 Å². The van der Waals surface area contributed by atoms with Crippen molar-refractivity contribution in [1.29, 1.82) is 0 Å². The second kappa shape index (κ2) is 6.33. The predicted molar refractivity (Wildman–Crippen MR) is 73.8 cm³/mol. The van der Waals surface area contributed by atoms with Crippen LogP contribution in [0.4, 0.5) is 5.69 Å². The molecule has 19 heavy (non-hydrogen) atoms. The van der Waals surface area contributed by atoms with Crippen molar-refractivity contribution in [3.8, 4) is 0 Å². The summed E-state index contributed by atoms with van der Waals surface area (Å²) in [5.74, 6) is -0.249. The SMILES string of the molecule is CCc1cccc(NC(=O)CNC(=O)C2CNC2)c1. The highest BCUT2D eigenvalue weighted by Gasteiger charge is 2.24. The summed E-state index contributed by atoms with van der Waals surface area (Å²) in [6.07, 6.45) is 0.926. The van der Waals surface area contributed by atoms with E-state index in [0.717, 1.165) is 12.1 Å². The molecule has 0 atom stereocenters. The first-order chi connectivity index (χ1) is 9.19. The molecule has 1 aromatic carbocycles. The second-order valence-electron chi connectivity index (χ2n) is 4.68. The van der Waals surface area contributed by atoms with Gasteiger partial charge in [-0.2, -0.15) is 0 Å². The Morgan fingerprint density at radius 1 is 1.37 bits per heavy atom. The molecule has 1 aliphatic rings. The molecule has 5 nitrogen and oxygen atoms in total. The van der Waals surface area contributed by atoms with E-state index < -0.39 is 0 Å². The first kappa shape index (κ1) is 13.5. The maximum atomic E-state index is 11.7. The number of anilines is 1. The lowest BCUT2D eigenvalue weighted by molar-refractivity contribution is -0.128. The molecular weight excluding hydrogens is 242 g/mol. The van der Waals surface area contributed by atoms with Gasteiger partial charge in [0.1, 0.15) is 0 Å². The van der Waals surface area contributed by atoms with E-state index in [1.54, 1.807) is 0 Å². The Morgan fingerprint density at radius 2 is 2.16 bits per heavy atom. The summed E-state index contributed by atoms with van der Waals surface area (Å²) < 4.78 is 0. The van der Waals surface area contributed by atoms with E-state index in [2.05, 4.69) is 22.9 Å². The van der Waals surface area contributed by atoms with Gasteiger partial charge in [-0.25, -0.2) is 0 Å². The fourth-order valence-corrected chi connectivity index (χ4v) is 1.86. The van der Waals surface area contributed by atoms with Gasteiger partial charge in [-0.05, 0) is 24.1 Å². The van der Waals surface area contributed by atoms with Crippen LogP contribution in [0.2, 0.25) is 0 Å². The van der Waals surface area contributed by atoms with Crippen molar-refractivity contribution >= 4 is 17.5 Å². The highest BCUT2D eigenvalue weighted by Crippen LogP contribution is 2.10. The number of hydrogen-bond donors (Lipinski definition) is 3. The lowest BCUT2D eigenvalue weighted by Crippen LogP contribution is -2.51. The molecule has 0 saturated carbocycles. The standard InChI is InChI=1S/C14H19N3O2/c1-2-10-4-3-5-12(6-10)17-13(18)9-16-14(19)11-7-15-8-11/h3-6,11,15H,2,7-9H2,1H3,(H,16,19)(H,17,18). The molecule has 0 unspecified atom stereocenters. The van der Waals surface area contributed by atoms with E-state index in [-0.39, 0.29) is 24.3 Å². The van der Waals surface area contributed by atoms with Crippen molar-refractivity contribution < 1.29 is 9.59 Å². The summed E-state index contributed by atoms with van der Waals surface area (Å²) >= 11 is 0. The van der Waals surface area contributed by atoms with Crippen molar-refractivity contribution in [2.75, 3.05) is 25.0 Å². The van der Waals surface area contributed by atoms with E-state index in [9.17, 15) is 9.59 Å². The molecule has 0 aromatic heterocycles. The van der Waals surface area contributed by atoms with Crippen LogP contribution in [-0.2, 0) is 16.0 Å². The van der Waals surface area contributed by atoms with E-state index in [4.69, 9.17) is 0 Å². The average molecular weight is 261 g/mol. The van der Waals surface area contributed by atoms with Gasteiger partial charge in [0, 0.05) is 18.8 Å². The summed E-state index contributed by atoms with van der Waals surface area (Å²) in [6, 6.07) is 7.71. The Balaban J connectivity index is 1.78. The lowest BCUT2D eigenvalue weighted by Gasteiger charge is -2.25. The zero-order valence-electron chi connectivity index (χ0n) is 11.0. The molecule has 102 valence electrons. The number of benzene rings is 1. The molecule has 1 aliphatic heterocycles. The summed E-state index contributed by atoms with van der Waals surface area (Å²) in [4.78, 5) is 23.3. The Labute approximate surface area is 112 Å². The van der Waals surface area contributed by atoms with Crippen LogP contribution in [0, 0.1) is 5.92 Å². The third-order valence-electron chi connectivity index (χ3n) is 3.19. The minimum Gasteiger partial charge on any atom is -0.347 e. The number of rotatable bonds is 5. The third kappa shape index (κ3) is 3.79. The predicted octanol–water partition coefficient (Wildman–Crippen LogP) is 0.523. The van der Waals surface area contributed by atoms with Crippen molar-refractivity contribution in [1.82, 2.24) is 10.6 Å². The molecule has 1 saturated heterocycles. The Hall–Kier alpha value is -1.88. The number of nitrogens with one attached hydrogen (secondary N) is 3. The number of aryl methyl sites for hydroxylation is 1. The first-order valence-electron chi connectivity index (χ1n) is 6.56. The molecule has 0 aliphatic carbocycles. The van der Waals surface area contributed by atoms with Gasteiger partial charge in [0.2, 0.25) is 11.8 Å². The van der Waals surface area contributed by atoms with Crippen LogP contribution in [-0.4, -0.2) is 31.4 Å². The van der Waals surface area contributed by atoms with E-state index in [0.29, 0.717) is 13.1 Å². The fraction of sp³-hybridized carbons (Fsp3) is 0.429. The highest BCUT2D eigenvalue weighted by atomic mass is 16.2. The van der Waals surface area contributed by atoms with Crippen molar-refractivity contribution in [2.45, 2.75) is 13.3 Å². The monoisotopic (exact) mass is 261 g/mol. The number of hydrogen-bond acceptors (Lipinski definition) is 3. The molecule has 2 amide bonds. The van der Waals surface area contributed by atoms with Crippen molar-refractivity contribution in [3.63, 3.8) is 0 Å². The third-order valence-corrected chi connectivity index (χ3v) is 3.19. The number of carbonyl (C=O) groups is 2. The smallest absolute Gasteiger partial charge is 0.243 e. The molecule has 1 aromatic rings. The van der Waals surface area contributed by atoms with Gasteiger partial charge in [-0.1, -0.05) is 19.1 Å². The summed E-state index contributed by atoms with van der Waals surface area (Å²) in [6.45, 7) is 3.48. The minimum absolute atomic E-state index is 0.0104. The summed E-state index contributed by atoms with van der Waals surface area (Å²) in [7, 11) is 0. The first-order valence-corrected chi connectivity index (χ1v) is 6.56. The van der Waals surface area contributed by atoms with Gasteiger partial charge >= 0.3 is 0 Å². The Kier molecular flexibility index (Phi) is 4.52. The maximum absolute atomic E-state index is 11.7. The van der Waals surface area contributed by atoms with Gasteiger partial charge in [-0.3, -0.25) is 9.59 Å². The van der Waals surface area contributed by atoms with Crippen molar-refractivity contribution in [2.24, 2.45) is 5.92 Å². The maximum Gasteiger partial charge on any atom is 0.243 e. The Morgan fingerprint density at radius 3 is 2.79 bits per heavy atom. The number of amides is 2. The van der Waals surface area contributed by atoms with Gasteiger partial charge in [0.15, 0.2) is 0 Å². The molecule has 0 radical (unpaired) electrons. The highest BCUT2D eigenvalue weighted by molar-refractivity contribution is 5.95. The van der Waals surface area contributed by atoms with Crippen LogP contribution < -0.4 is 16.0 Å². The van der Waals surface area contributed by atoms with Crippen LogP contribution in [0.3, 0.4) is 0 Å². The Bertz CT molecular complexity index is 470. The molecule has 0 bridgehead atoms. The normalized spacial score (nSPS) is 14.6. The van der Waals surface area contributed by atoms with Gasteiger partial charge in [0.05, 0.1) is 12.5 Å². The van der Waals surface area contributed by atoms with Crippen LogP contribution in [0.15, 0.2) is 24.3 Å². The summed E-state index contributed by atoms with van der Waals surface area (Å²) in [5, 5.41) is 8.44. The fourth-order valence-electron chi connectivity index (χ4n) is 1.86. The molecule has 5 heteroatoms. The quantitative estimate of drug-likeness (QED) is 0.724. The zero-order valence-corrected chi connectivity index (χ0v) is 11.0. The largest absolute Gasteiger partial charge is 0.347 e. The molecular formula is C14H19N3O2. The number of carbonyl (C=O) groups excluding carboxylic acids is 2. The minimum atomic E-state index is -0.200. The van der Waals surface area contributed by atoms with Crippen molar-refractivity contribution in [3.05, 3.63) is 29.8 Å². The molecule has 2 rings (SSSR count). The second-order valence-corrected chi connectivity index (χ2v) is 4.68. The molecule has 1 fully saturated rings. The summed E-state index contributed by atoms with van der Waals surface area (Å²) in [5.41, 5.74) is 1.94. The topological polar surface area (TPSA) is 70.2 Å². The van der Waals surface area contributed by atoms with E-state index >= 15 is 0 Å². The van der Waals surface area contributed by atoms with Gasteiger partial charge in [0.25, 0.3) is 0 Å². The van der Waals surface area contributed by atoms with E-state index in [1.165, 1.54) is 5.56 Å². The lowest BCUT2D eigenvalue weighted by atomic mass is 10.0. The van der Waals surface area contributed by atoms with Gasteiger partial charge in [-0.15, -0.1) is 0 Å².